The van der Waals surface area contributed by atoms with Crippen LogP contribution in [-0.4, -0.2) is 23.4 Å². The van der Waals surface area contributed by atoms with Gasteiger partial charge in [0.15, 0.2) is 0 Å². The Morgan fingerprint density at radius 1 is 1.55 bits per heavy atom. The summed E-state index contributed by atoms with van der Waals surface area (Å²) in [5.41, 5.74) is 0. The molecule has 1 atom stereocenters. The van der Waals surface area contributed by atoms with E-state index in [0.717, 1.165) is 6.54 Å². The standard InChI is InChI=1S/C9H17NO/c1-7(2)9(11)10-6-4-5-8(10)3/h7-8H,4-6H2,1-3H3. The van der Waals surface area contributed by atoms with Crippen molar-refractivity contribution in [3.05, 3.63) is 0 Å². The van der Waals surface area contributed by atoms with Crippen molar-refractivity contribution in [1.82, 2.24) is 4.90 Å². The van der Waals surface area contributed by atoms with E-state index in [4.69, 9.17) is 0 Å². The lowest BCUT2D eigenvalue weighted by atomic mass is 10.2. The van der Waals surface area contributed by atoms with Gasteiger partial charge < -0.3 is 4.90 Å². The second kappa shape index (κ2) is 3.24. The van der Waals surface area contributed by atoms with Gasteiger partial charge >= 0.3 is 0 Å². The molecular formula is C9H17NO. The van der Waals surface area contributed by atoms with Crippen LogP contribution in [0.5, 0.6) is 0 Å². The maximum Gasteiger partial charge on any atom is 0.225 e. The molecule has 0 bridgehead atoms. The summed E-state index contributed by atoms with van der Waals surface area (Å²) in [4.78, 5) is 13.5. The Balaban J connectivity index is 2.53. The summed E-state index contributed by atoms with van der Waals surface area (Å²) >= 11 is 0. The summed E-state index contributed by atoms with van der Waals surface area (Å²) in [5, 5.41) is 0. The Morgan fingerprint density at radius 3 is 2.55 bits per heavy atom. The molecule has 0 aromatic carbocycles. The monoisotopic (exact) mass is 155 g/mol. The van der Waals surface area contributed by atoms with Gasteiger partial charge in [0.05, 0.1) is 0 Å². The summed E-state index contributed by atoms with van der Waals surface area (Å²) in [6, 6.07) is 0.477. The number of carbonyl (C=O) groups is 1. The molecule has 0 aromatic heterocycles. The van der Waals surface area contributed by atoms with Crippen LogP contribution < -0.4 is 0 Å². The molecule has 64 valence electrons. The van der Waals surface area contributed by atoms with Gasteiger partial charge in [0.2, 0.25) is 5.91 Å². The van der Waals surface area contributed by atoms with Gasteiger partial charge in [-0.3, -0.25) is 4.79 Å². The van der Waals surface area contributed by atoms with E-state index in [1.807, 2.05) is 18.7 Å². The van der Waals surface area contributed by atoms with Gasteiger partial charge in [-0.1, -0.05) is 13.8 Å². The summed E-state index contributed by atoms with van der Waals surface area (Å²) in [6.45, 7) is 7.03. The van der Waals surface area contributed by atoms with Crippen LogP contribution in [0.15, 0.2) is 0 Å². The largest absolute Gasteiger partial charge is 0.340 e. The molecule has 0 radical (unpaired) electrons. The number of hydrogen-bond acceptors (Lipinski definition) is 1. The van der Waals surface area contributed by atoms with E-state index in [1.54, 1.807) is 0 Å². The van der Waals surface area contributed by atoms with Crippen molar-refractivity contribution in [3.8, 4) is 0 Å². The van der Waals surface area contributed by atoms with Crippen molar-refractivity contribution in [2.24, 2.45) is 5.92 Å². The summed E-state index contributed by atoms with van der Waals surface area (Å²) < 4.78 is 0. The highest BCUT2D eigenvalue weighted by atomic mass is 16.2. The van der Waals surface area contributed by atoms with Crippen LogP contribution in [-0.2, 0) is 4.79 Å². The highest BCUT2D eigenvalue weighted by Gasteiger charge is 2.26. The van der Waals surface area contributed by atoms with E-state index in [0.29, 0.717) is 11.9 Å². The van der Waals surface area contributed by atoms with Crippen molar-refractivity contribution in [2.45, 2.75) is 39.7 Å². The molecule has 11 heavy (non-hydrogen) atoms. The van der Waals surface area contributed by atoms with Crippen molar-refractivity contribution < 1.29 is 4.79 Å². The van der Waals surface area contributed by atoms with E-state index in [9.17, 15) is 4.79 Å². The Kier molecular flexibility index (Phi) is 2.53. The highest BCUT2D eigenvalue weighted by Crippen LogP contribution is 2.18. The predicted octanol–water partition coefficient (Wildman–Crippen LogP) is 1.65. The van der Waals surface area contributed by atoms with Crippen molar-refractivity contribution in [3.63, 3.8) is 0 Å². The Hall–Kier alpha value is -0.530. The van der Waals surface area contributed by atoms with Gasteiger partial charge in [-0.05, 0) is 19.8 Å². The van der Waals surface area contributed by atoms with Crippen LogP contribution in [0.1, 0.15) is 33.6 Å². The van der Waals surface area contributed by atoms with Crippen molar-refractivity contribution in [1.29, 1.82) is 0 Å². The topological polar surface area (TPSA) is 20.3 Å². The first-order valence-corrected chi connectivity index (χ1v) is 4.43. The lowest BCUT2D eigenvalue weighted by Crippen LogP contribution is -2.36. The van der Waals surface area contributed by atoms with Crippen LogP contribution in [0.25, 0.3) is 0 Å². The third-order valence-corrected chi connectivity index (χ3v) is 2.33. The minimum Gasteiger partial charge on any atom is -0.340 e. The molecule has 1 rings (SSSR count). The second-order valence-corrected chi connectivity index (χ2v) is 3.68. The zero-order valence-electron chi connectivity index (χ0n) is 7.63. The maximum absolute atomic E-state index is 11.5. The summed E-state index contributed by atoms with van der Waals surface area (Å²) in [5.74, 6) is 0.477. The second-order valence-electron chi connectivity index (χ2n) is 3.68. The molecule has 0 spiro atoms. The minimum atomic E-state index is 0.163. The molecule has 0 aromatic rings. The Labute approximate surface area is 68.6 Å². The smallest absolute Gasteiger partial charge is 0.225 e. The first-order chi connectivity index (χ1) is 5.13. The SMILES string of the molecule is CC(C)C(=O)N1CCCC1C. The molecule has 0 saturated carbocycles. The van der Waals surface area contributed by atoms with Crippen LogP contribution in [0.2, 0.25) is 0 Å². The highest BCUT2D eigenvalue weighted by molar-refractivity contribution is 5.78. The number of rotatable bonds is 1. The lowest BCUT2D eigenvalue weighted by Gasteiger charge is -2.23. The molecule has 0 aliphatic carbocycles. The van der Waals surface area contributed by atoms with Gasteiger partial charge in [-0.25, -0.2) is 0 Å². The van der Waals surface area contributed by atoms with E-state index in [2.05, 4.69) is 6.92 Å². The minimum absolute atomic E-state index is 0.163. The molecule has 1 fully saturated rings. The average Bonchev–Trinajstić information content (AvgIpc) is 2.33. The molecular weight excluding hydrogens is 138 g/mol. The van der Waals surface area contributed by atoms with E-state index in [1.165, 1.54) is 12.8 Å². The van der Waals surface area contributed by atoms with Gasteiger partial charge in [0.1, 0.15) is 0 Å². The number of amides is 1. The molecule has 1 amide bonds. The van der Waals surface area contributed by atoms with E-state index in [-0.39, 0.29) is 5.92 Å². The maximum atomic E-state index is 11.5. The Bertz CT molecular complexity index is 154. The predicted molar refractivity (Wildman–Crippen MR) is 45.2 cm³/mol. The van der Waals surface area contributed by atoms with Gasteiger partial charge in [0.25, 0.3) is 0 Å². The first-order valence-electron chi connectivity index (χ1n) is 4.43. The van der Waals surface area contributed by atoms with Crippen LogP contribution in [0, 0.1) is 5.92 Å². The molecule has 1 unspecified atom stereocenters. The van der Waals surface area contributed by atoms with Gasteiger partial charge in [-0.2, -0.15) is 0 Å². The molecule has 2 heteroatoms. The van der Waals surface area contributed by atoms with Gasteiger partial charge in [0, 0.05) is 18.5 Å². The molecule has 2 nitrogen and oxygen atoms in total. The molecule has 1 saturated heterocycles. The quantitative estimate of drug-likeness (QED) is 0.564. The Morgan fingerprint density at radius 2 is 2.18 bits per heavy atom. The fraction of sp³-hybridized carbons (Fsp3) is 0.889. The van der Waals surface area contributed by atoms with E-state index >= 15 is 0 Å². The fourth-order valence-electron chi connectivity index (χ4n) is 1.59. The zero-order valence-corrected chi connectivity index (χ0v) is 7.63. The van der Waals surface area contributed by atoms with Crippen molar-refractivity contribution in [2.75, 3.05) is 6.54 Å². The number of hydrogen-bond donors (Lipinski definition) is 0. The summed E-state index contributed by atoms with van der Waals surface area (Å²) in [7, 11) is 0. The number of carbonyl (C=O) groups excluding carboxylic acids is 1. The first kappa shape index (κ1) is 8.57. The summed E-state index contributed by atoms with van der Waals surface area (Å²) in [6.07, 6.45) is 2.36. The van der Waals surface area contributed by atoms with Gasteiger partial charge in [-0.15, -0.1) is 0 Å². The molecule has 1 heterocycles. The number of nitrogens with zero attached hydrogens (tertiary/aromatic N) is 1. The van der Waals surface area contributed by atoms with Crippen LogP contribution >= 0.6 is 0 Å². The number of likely N-dealkylation sites (tertiary alicyclic amines) is 1. The molecule has 0 N–H and O–H groups in total. The van der Waals surface area contributed by atoms with E-state index < -0.39 is 0 Å². The third kappa shape index (κ3) is 1.73. The lowest BCUT2D eigenvalue weighted by molar-refractivity contribution is -0.134. The molecule has 1 aliphatic heterocycles. The average molecular weight is 155 g/mol. The van der Waals surface area contributed by atoms with Crippen LogP contribution in [0.4, 0.5) is 0 Å². The fourth-order valence-corrected chi connectivity index (χ4v) is 1.59. The van der Waals surface area contributed by atoms with Crippen molar-refractivity contribution >= 4 is 5.91 Å². The normalized spacial score (nSPS) is 24.7. The molecule has 1 aliphatic rings. The third-order valence-electron chi connectivity index (χ3n) is 2.33. The van der Waals surface area contributed by atoms with Crippen LogP contribution in [0.3, 0.4) is 0 Å². The zero-order chi connectivity index (χ0) is 8.43.